The Morgan fingerprint density at radius 2 is 1.57 bits per heavy atom. The van der Waals surface area contributed by atoms with Gasteiger partial charge in [-0.05, 0) is 34.7 Å². The van der Waals surface area contributed by atoms with E-state index in [1.54, 1.807) is 23.5 Å². The lowest BCUT2D eigenvalue weighted by molar-refractivity contribution is 0.474. The molecular weight excluding hydrogens is 278 g/mol. The smallest absolute Gasteiger partial charge is 0.115 e. The first kappa shape index (κ1) is 13.9. The lowest BCUT2D eigenvalue weighted by Gasteiger charge is -2.19. The van der Waals surface area contributed by atoms with Crippen LogP contribution in [0.5, 0.6) is 5.75 Å². The Balaban J connectivity index is 1.85. The zero-order valence-electron chi connectivity index (χ0n) is 11.6. The van der Waals surface area contributed by atoms with Crippen LogP contribution in [0.4, 0.5) is 0 Å². The highest BCUT2D eigenvalue weighted by Crippen LogP contribution is 2.24. The van der Waals surface area contributed by atoms with Crippen molar-refractivity contribution in [2.24, 2.45) is 0 Å². The van der Waals surface area contributed by atoms with E-state index in [1.807, 2.05) is 18.2 Å². The molecule has 1 heterocycles. The zero-order chi connectivity index (χ0) is 14.5. The summed E-state index contributed by atoms with van der Waals surface area (Å²) < 4.78 is 0. The van der Waals surface area contributed by atoms with Gasteiger partial charge in [-0.3, -0.25) is 0 Å². The molecule has 1 atom stereocenters. The van der Waals surface area contributed by atoms with E-state index in [-0.39, 0.29) is 6.04 Å². The number of aromatic hydroxyl groups is 1. The molecule has 0 amide bonds. The van der Waals surface area contributed by atoms with Gasteiger partial charge in [0.2, 0.25) is 0 Å². The highest BCUT2D eigenvalue weighted by atomic mass is 32.1. The number of phenols is 1. The van der Waals surface area contributed by atoms with Crippen LogP contribution in [0.3, 0.4) is 0 Å². The molecule has 3 aromatic rings. The third-order valence-electron chi connectivity index (χ3n) is 3.42. The van der Waals surface area contributed by atoms with Crippen molar-refractivity contribution >= 4 is 11.3 Å². The summed E-state index contributed by atoms with van der Waals surface area (Å²) in [6.45, 7) is 0.831. The van der Waals surface area contributed by atoms with E-state index in [0.29, 0.717) is 5.75 Å². The van der Waals surface area contributed by atoms with Crippen LogP contribution >= 0.6 is 11.3 Å². The van der Waals surface area contributed by atoms with E-state index in [2.05, 4.69) is 47.1 Å². The molecule has 1 aromatic heterocycles. The molecule has 0 aliphatic carbocycles. The maximum Gasteiger partial charge on any atom is 0.115 e. The molecule has 0 spiro atoms. The summed E-state index contributed by atoms with van der Waals surface area (Å²) in [4.78, 5) is 1.31. The molecule has 2 aromatic carbocycles. The fraction of sp³-hybridized carbons (Fsp3) is 0.111. The van der Waals surface area contributed by atoms with Gasteiger partial charge in [0.05, 0.1) is 6.04 Å². The van der Waals surface area contributed by atoms with Crippen LogP contribution < -0.4 is 5.32 Å². The maximum absolute atomic E-state index is 9.47. The van der Waals surface area contributed by atoms with Crippen molar-refractivity contribution in [3.63, 3.8) is 0 Å². The quantitative estimate of drug-likeness (QED) is 0.734. The third-order valence-corrected chi connectivity index (χ3v) is 4.30. The number of nitrogens with one attached hydrogen (secondary N) is 1. The largest absolute Gasteiger partial charge is 0.508 e. The molecule has 0 fully saturated rings. The SMILES string of the molecule is Oc1ccc(C(NCc2cccs2)c2ccccc2)cc1. The zero-order valence-corrected chi connectivity index (χ0v) is 12.4. The molecule has 0 saturated carbocycles. The Bertz CT molecular complexity index is 662. The van der Waals surface area contributed by atoms with Gasteiger partial charge in [0.15, 0.2) is 0 Å². The van der Waals surface area contributed by atoms with Gasteiger partial charge in [0.25, 0.3) is 0 Å². The highest BCUT2D eigenvalue weighted by Gasteiger charge is 2.13. The monoisotopic (exact) mass is 295 g/mol. The third kappa shape index (κ3) is 3.51. The van der Waals surface area contributed by atoms with Gasteiger partial charge >= 0.3 is 0 Å². The summed E-state index contributed by atoms with van der Waals surface area (Å²) in [7, 11) is 0. The van der Waals surface area contributed by atoms with E-state index >= 15 is 0 Å². The summed E-state index contributed by atoms with van der Waals surface area (Å²) in [6.07, 6.45) is 0. The average molecular weight is 295 g/mol. The fourth-order valence-electron chi connectivity index (χ4n) is 2.36. The van der Waals surface area contributed by atoms with Crippen molar-refractivity contribution < 1.29 is 5.11 Å². The van der Waals surface area contributed by atoms with Gasteiger partial charge in [0, 0.05) is 11.4 Å². The number of benzene rings is 2. The average Bonchev–Trinajstić information content (AvgIpc) is 3.04. The fourth-order valence-corrected chi connectivity index (χ4v) is 3.01. The van der Waals surface area contributed by atoms with Gasteiger partial charge < -0.3 is 10.4 Å². The Kier molecular flexibility index (Phi) is 4.34. The van der Waals surface area contributed by atoms with Crippen molar-refractivity contribution in [2.75, 3.05) is 0 Å². The van der Waals surface area contributed by atoms with E-state index in [0.717, 1.165) is 12.1 Å². The molecule has 0 aliphatic heterocycles. The molecule has 106 valence electrons. The first-order chi connectivity index (χ1) is 10.3. The van der Waals surface area contributed by atoms with Crippen LogP contribution in [0.25, 0.3) is 0 Å². The second-order valence-electron chi connectivity index (χ2n) is 4.90. The molecule has 0 bridgehead atoms. The summed E-state index contributed by atoms with van der Waals surface area (Å²) in [5.41, 5.74) is 2.37. The van der Waals surface area contributed by atoms with Gasteiger partial charge in [0.1, 0.15) is 5.75 Å². The van der Waals surface area contributed by atoms with Crippen molar-refractivity contribution in [3.05, 3.63) is 88.1 Å². The number of hydrogen-bond donors (Lipinski definition) is 2. The maximum atomic E-state index is 9.47. The van der Waals surface area contributed by atoms with Crippen molar-refractivity contribution in [3.8, 4) is 5.75 Å². The number of rotatable bonds is 5. The van der Waals surface area contributed by atoms with E-state index in [9.17, 15) is 5.11 Å². The summed E-state index contributed by atoms with van der Waals surface area (Å²) in [5, 5.41) is 15.2. The van der Waals surface area contributed by atoms with E-state index in [4.69, 9.17) is 0 Å². The Labute approximate surface area is 128 Å². The van der Waals surface area contributed by atoms with Gasteiger partial charge in [-0.1, -0.05) is 48.5 Å². The molecule has 3 heteroatoms. The van der Waals surface area contributed by atoms with Crippen molar-refractivity contribution in [2.45, 2.75) is 12.6 Å². The number of hydrogen-bond acceptors (Lipinski definition) is 3. The van der Waals surface area contributed by atoms with E-state index < -0.39 is 0 Å². The second-order valence-corrected chi connectivity index (χ2v) is 5.93. The minimum atomic E-state index is 0.119. The standard InChI is InChI=1S/C18H17NOS/c20-16-10-8-15(9-11-16)18(14-5-2-1-3-6-14)19-13-17-7-4-12-21-17/h1-12,18-20H,13H2. The van der Waals surface area contributed by atoms with E-state index in [1.165, 1.54) is 10.4 Å². The number of thiophene rings is 1. The summed E-state index contributed by atoms with van der Waals surface area (Å²) in [5.74, 6) is 0.295. The topological polar surface area (TPSA) is 32.3 Å². The number of phenolic OH excluding ortho intramolecular Hbond substituents is 1. The molecule has 0 aliphatic rings. The normalized spacial score (nSPS) is 12.2. The minimum Gasteiger partial charge on any atom is -0.508 e. The van der Waals surface area contributed by atoms with Gasteiger partial charge in [-0.25, -0.2) is 0 Å². The molecule has 0 radical (unpaired) electrons. The van der Waals surface area contributed by atoms with Gasteiger partial charge in [-0.2, -0.15) is 0 Å². The minimum absolute atomic E-state index is 0.119. The summed E-state index contributed by atoms with van der Waals surface area (Å²) >= 11 is 1.76. The molecule has 1 unspecified atom stereocenters. The Morgan fingerprint density at radius 1 is 0.857 bits per heavy atom. The van der Waals surface area contributed by atoms with Crippen LogP contribution in [0.2, 0.25) is 0 Å². The van der Waals surface area contributed by atoms with Crippen molar-refractivity contribution in [1.82, 2.24) is 5.32 Å². The molecule has 3 rings (SSSR count). The van der Waals surface area contributed by atoms with Crippen LogP contribution in [0, 0.1) is 0 Å². The highest BCUT2D eigenvalue weighted by molar-refractivity contribution is 7.09. The summed E-state index contributed by atoms with van der Waals surface area (Å²) in [6, 6.07) is 22.1. The van der Waals surface area contributed by atoms with Crippen LogP contribution in [-0.4, -0.2) is 5.11 Å². The predicted molar refractivity (Wildman–Crippen MR) is 87.6 cm³/mol. The Morgan fingerprint density at radius 3 is 2.24 bits per heavy atom. The van der Waals surface area contributed by atoms with Gasteiger partial charge in [-0.15, -0.1) is 11.3 Å². The first-order valence-electron chi connectivity index (χ1n) is 6.92. The molecule has 0 saturated heterocycles. The van der Waals surface area contributed by atoms with Crippen molar-refractivity contribution in [1.29, 1.82) is 0 Å². The lowest BCUT2D eigenvalue weighted by Crippen LogP contribution is -2.21. The Hall–Kier alpha value is -2.10. The molecule has 2 nitrogen and oxygen atoms in total. The first-order valence-corrected chi connectivity index (χ1v) is 7.80. The lowest BCUT2D eigenvalue weighted by atomic mass is 9.98. The molecule has 2 N–H and O–H groups in total. The van der Waals surface area contributed by atoms with Crippen LogP contribution in [0.15, 0.2) is 72.1 Å². The second kappa shape index (κ2) is 6.57. The predicted octanol–water partition coefficient (Wildman–Crippen LogP) is 4.33. The van der Waals surface area contributed by atoms with Crippen LogP contribution in [0.1, 0.15) is 22.0 Å². The molecule has 21 heavy (non-hydrogen) atoms. The van der Waals surface area contributed by atoms with Crippen LogP contribution in [-0.2, 0) is 6.54 Å². The molecular formula is C18H17NOS.